The van der Waals surface area contributed by atoms with Crippen LogP contribution in [-0.4, -0.2) is 46.2 Å². The molecule has 2 N–H and O–H groups in total. The summed E-state index contributed by atoms with van der Waals surface area (Å²) in [6, 6.07) is 21.9. The largest absolute Gasteiger partial charge is 0.378 e. The minimum atomic E-state index is -0.566. The second-order valence-corrected chi connectivity index (χ2v) is 8.57. The van der Waals surface area contributed by atoms with Crippen molar-refractivity contribution >= 4 is 47.1 Å². The highest BCUT2D eigenvalue weighted by Gasteiger charge is 2.16. The summed E-state index contributed by atoms with van der Waals surface area (Å²) in [6.07, 6.45) is 3.13. The zero-order chi connectivity index (χ0) is 25.4. The van der Waals surface area contributed by atoms with E-state index in [0.29, 0.717) is 5.02 Å². The lowest BCUT2D eigenvalue weighted by Gasteiger charge is -2.13. The Morgan fingerprint density at radius 3 is 1.89 bits per heavy atom. The standard InChI is InChI=1S/C27H28ClN5O2/c1-32(2)21-13-9-19(10-14-21)17-25(30-26(34)23-7-5-6-8-24(23)28)27(35)31-29-18-20-11-15-22(16-12-20)33(3)4/h5-18H,1-4H3,(H,30,34)(H,31,35)/b25-17+,29-18+. The fraction of sp³-hybridized carbons (Fsp3) is 0.148. The van der Waals surface area contributed by atoms with Crippen LogP contribution in [0.3, 0.4) is 0 Å². The summed E-state index contributed by atoms with van der Waals surface area (Å²) in [5.41, 5.74) is 6.41. The lowest BCUT2D eigenvalue weighted by atomic mass is 10.1. The van der Waals surface area contributed by atoms with E-state index < -0.39 is 11.8 Å². The smallest absolute Gasteiger partial charge is 0.287 e. The number of amides is 2. The number of rotatable bonds is 8. The predicted molar refractivity (Wildman–Crippen MR) is 144 cm³/mol. The number of carbonyl (C=O) groups excluding carboxylic acids is 2. The third-order valence-corrected chi connectivity index (χ3v) is 5.45. The van der Waals surface area contributed by atoms with Crippen LogP contribution in [-0.2, 0) is 4.79 Å². The summed E-state index contributed by atoms with van der Waals surface area (Å²) in [5, 5.41) is 7.01. The maximum atomic E-state index is 13.0. The SMILES string of the molecule is CN(C)c1ccc(/C=N/NC(=O)/C(=C\c2ccc(N(C)C)cc2)NC(=O)c2ccccc2Cl)cc1. The Hall–Kier alpha value is -4.10. The Labute approximate surface area is 210 Å². The number of hydrogen-bond donors (Lipinski definition) is 2. The predicted octanol–water partition coefficient (Wildman–Crippen LogP) is 4.39. The van der Waals surface area contributed by atoms with Crippen LogP contribution in [0, 0.1) is 0 Å². The van der Waals surface area contributed by atoms with Crippen molar-refractivity contribution in [3.63, 3.8) is 0 Å². The average molecular weight is 490 g/mol. The van der Waals surface area contributed by atoms with E-state index in [1.165, 1.54) is 6.21 Å². The first-order valence-electron chi connectivity index (χ1n) is 10.9. The van der Waals surface area contributed by atoms with Gasteiger partial charge in [-0.25, -0.2) is 5.43 Å². The number of hydrazone groups is 1. The van der Waals surface area contributed by atoms with Crippen LogP contribution in [0.1, 0.15) is 21.5 Å². The minimum absolute atomic E-state index is 0.0348. The van der Waals surface area contributed by atoms with Crippen LogP contribution in [0.15, 0.2) is 83.6 Å². The van der Waals surface area contributed by atoms with Gasteiger partial charge in [0.25, 0.3) is 11.8 Å². The van der Waals surface area contributed by atoms with Crippen LogP contribution in [0.5, 0.6) is 0 Å². The first kappa shape index (κ1) is 25.5. The molecule has 8 heteroatoms. The van der Waals surface area contributed by atoms with Crippen molar-refractivity contribution in [2.24, 2.45) is 5.10 Å². The van der Waals surface area contributed by atoms with Gasteiger partial charge in [0.2, 0.25) is 0 Å². The van der Waals surface area contributed by atoms with Gasteiger partial charge in [-0.05, 0) is 53.6 Å². The molecule has 0 heterocycles. The molecule has 0 unspecified atom stereocenters. The van der Waals surface area contributed by atoms with Crippen molar-refractivity contribution in [1.82, 2.24) is 10.7 Å². The van der Waals surface area contributed by atoms with Crippen LogP contribution < -0.4 is 20.5 Å². The summed E-state index contributed by atoms with van der Waals surface area (Å²) < 4.78 is 0. The van der Waals surface area contributed by atoms with E-state index in [4.69, 9.17) is 11.6 Å². The van der Waals surface area contributed by atoms with Gasteiger partial charge in [-0.15, -0.1) is 0 Å². The molecule has 0 bridgehead atoms. The van der Waals surface area contributed by atoms with Gasteiger partial charge >= 0.3 is 0 Å². The minimum Gasteiger partial charge on any atom is -0.378 e. The van der Waals surface area contributed by atoms with Gasteiger partial charge in [0, 0.05) is 39.6 Å². The third kappa shape index (κ3) is 7.19. The molecule has 0 saturated heterocycles. The molecular weight excluding hydrogens is 462 g/mol. The summed E-state index contributed by atoms with van der Waals surface area (Å²) in [6.45, 7) is 0. The molecule has 180 valence electrons. The zero-order valence-electron chi connectivity index (χ0n) is 20.1. The maximum Gasteiger partial charge on any atom is 0.287 e. The number of nitrogens with one attached hydrogen (secondary N) is 2. The van der Waals surface area contributed by atoms with Crippen LogP contribution in [0.25, 0.3) is 6.08 Å². The Bertz CT molecular complexity index is 1230. The average Bonchev–Trinajstić information content (AvgIpc) is 2.84. The van der Waals surface area contributed by atoms with E-state index in [9.17, 15) is 9.59 Å². The molecule has 0 atom stereocenters. The molecule has 0 saturated carbocycles. The molecule has 35 heavy (non-hydrogen) atoms. The lowest BCUT2D eigenvalue weighted by molar-refractivity contribution is -0.117. The molecule has 0 aromatic heterocycles. The van der Waals surface area contributed by atoms with Crippen molar-refractivity contribution in [3.05, 3.63) is 100 Å². The highest BCUT2D eigenvalue weighted by atomic mass is 35.5. The monoisotopic (exact) mass is 489 g/mol. The number of anilines is 2. The van der Waals surface area contributed by atoms with Crippen molar-refractivity contribution in [2.45, 2.75) is 0 Å². The van der Waals surface area contributed by atoms with E-state index >= 15 is 0 Å². The number of halogens is 1. The number of hydrogen-bond acceptors (Lipinski definition) is 5. The lowest BCUT2D eigenvalue weighted by Crippen LogP contribution is -2.33. The fourth-order valence-corrected chi connectivity index (χ4v) is 3.33. The van der Waals surface area contributed by atoms with Gasteiger partial charge in [0.1, 0.15) is 5.70 Å². The Balaban J connectivity index is 1.81. The molecule has 3 aromatic carbocycles. The molecule has 3 aromatic rings. The van der Waals surface area contributed by atoms with Crippen LogP contribution >= 0.6 is 11.6 Å². The molecule has 7 nitrogen and oxygen atoms in total. The molecule has 2 amide bonds. The second kappa shape index (κ2) is 11.9. The topological polar surface area (TPSA) is 77.0 Å². The van der Waals surface area contributed by atoms with Gasteiger partial charge in [-0.1, -0.05) is 48.0 Å². The molecule has 0 fully saturated rings. The Kier molecular flexibility index (Phi) is 8.64. The molecule has 3 rings (SSSR count). The normalized spacial score (nSPS) is 11.3. The molecular formula is C27H28ClN5O2. The summed E-state index contributed by atoms with van der Waals surface area (Å²) >= 11 is 6.16. The fourth-order valence-electron chi connectivity index (χ4n) is 3.11. The van der Waals surface area contributed by atoms with E-state index in [1.807, 2.05) is 86.5 Å². The Morgan fingerprint density at radius 1 is 0.800 bits per heavy atom. The molecule has 0 aliphatic heterocycles. The first-order chi connectivity index (χ1) is 16.7. The van der Waals surface area contributed by atoms with E-state index in [0.717, 1.165) is 22.5 Å². The van der Waals surface area contributed by atoms with Gasteiger partial charge < -0.3 is 15.1 Å². The van der Waals surface area contributed by atoms with Crippen LogP contribution in [0.4, 0.5) is 11.4 Å². The highest BCUT2D eigenvalue weighted by molar-refractivity contribution is 6.34. The van der Waals surface area contributed by atoms with E-state index in [-0.39, 0.29) is 11.3 Å². The quantitative estimate of drug-likeness (QED) is 0.279. The van der Waals surface area contributed by atoms with Gasteiger partial charge in [0.15, 0.2) is 0 Å². The zero-order valence-corrected chi connectivity index (χ0v) is 20.9. The summed E-state index contributed by atoms with van der Waals surface area (Å²) in [5.74, 6) is -1.06. The maximum absolute atomic E-state index is 13.0. The Morgan fingerprint density at radius 2 is 1.34 bits per heavy atom. The molecule has 0 radical (unpaired) electrons. The van der Waals surface area contributed by atoms with Crippen molar-refractivity contribution in [2.75, 3.05) is 38.0 Å². The number of nitrogens with zero attached hydrogens (tertiary/aromatic N) is 3. The molecule has 0 spiro atoms. The molecule has 0 aliphatic carbocycles. The summed E-state index contributed by atoms with van der Waals surface area (Å²) in [4.78, 5) is 29.7. The third-order valence-electron chi connectivity index (χ3n) is 5.12. The molecule has 0 aliphatic rings. The first-order valence-corrected chi connectivity index (χ1v) is 11.3. The van der Waals surface area contributed by atoms with Crippen LogP contribution in [0.2, 0.25) is 5.02 Å². The van der Waals surface area contributed by atoms with Gasteiger partial charge in [0.05, 0.1) is 16.8 Å². The second-order valence-electron chi connectivity index (χ2n) is 8.16. The number of benzene rings is 3. The van der Waals surface area contributed by atoms with Gasteiger partial charge in [-0.3, -0.25) is 9.59 Å². The van der Waals surface area contributed by atoms with Gasteiger partial charge in [-0.2, -0.15) is 5.10 Å². The van der Waals surface area contributed by atoms with Crippen molar-refractivity contribution in [1.29, 1.82) is 0 Å². The van der Waals surface area contributed by atoms with E-state index in [2.05, 4.69) is 15.8 Å². The summed E-state index contributed by atoms with van der Waals surface area (Å²) in [7, 11) is 7.81. The van der Waals surface area contributed by atoms with Crippen molar-refractivity contribution in [3.8, 4) is 0 Å². The van der Waals surface area contributed by atoms with E-state index in [1.54, 1.807) is 30.3 Å². The van der Waals surface area contributed by atoms with Crippen molar-refractivity contribution < 1.29 is 9.59 Å². The highest BCUT2D eigenvalue weighted by Crippen LogP contribution is 2.17. The number of carbonyl (C=O) groups is 2.